The fraction of sp³-hybridized carbons (Fsp3) is 0.450. The van der Waals surface area contributed by atoms with E-state index >= 15 is 0 Å². The number of nitrogens with one attached hydrogen (secondary N) is 2. The zero-order valence-electron chi connectivity index (χ0n) is 15.7. The highest BCUT2D eigenvalue weighted by atomic mass is 16.5. The van der Waals surface area contributed by atoms with Crippen LogP contribution >= 0.6 is 0 Å². The van der Waals surface area contributed by atoms with E-state index in [-0.39, 0.29) is 12.6 Å². The highest BCUT2D eigenvalue weighted by molar-refractivity contribution is 5.79. The summed E-state index contributed by atoms with van der Waals surface area (Å²) < 4.78 is 11.0. The third-order valence-corrected chi connectivity index (χ3v) is 3.63. The van der Waals surface area contributed by atoms with Crippen LogP contribution in [-0.4, -0.2) is 36.8 Å². The summed E-state index contributed by atoms with van der Waals surface area (Å²) >= 11 is 0. The van der Waals surface area contributed by atoms with Crippen LogP contribution in [0.15, 0.2) is 52.1 Å². The molecule has 2 rings (SSSR count). The van der Waals surface area contributed by atoms with Gasteiger partial charge in [0.15, 0.2) is 5.96 Å². The molecule has 1 heterocycles. The van der Waals surface area contributed by atoms with E-state index in [9.17, 15) is 5.11 Å². The zero-order chi connectivity index (χ0) is 18.8. The van der Waals surface area contributed by atoms with Crippen molar-refractivity contribution in [2.45, 2.75) is 39.4 Å². The molecule has 0 bridgehead atoms. The van der Waals surface area contributed by atoms with E-state index in [1.54, 1.807) is 6.26 Å². The summed E-state index contributed by atoms with van der Waals surface area (Å²) in [7, 11) is 0. The van der Waals surface area contributed by atoms with Crippen molar-refractivity contribution < 1.29 is 14.3 Å². The predicted octanol–water partition coefficient (Wildman–Crippen LogP) is 2.90. The van der Waals surface area contributed by atoms with Crippen LogP contribution in [0.4, 0.5) is 0 Å². The lowest BCUT2D eigenvalue weighted by atomic mass is 10.1. The van der Waals surface area contributed by atoms with Crippen LogP contribution in [-0.2, 0) is 6.42 Å². The first-order valence-electron chi connectivity index (χ1n) is 9.07. The summed E-state index contributed by atoms with van der Waals surface area (Å²) in [5.41, 5.74) is 0.790. The lowest BCUT2D eigenvalue weighted by molar-refractivity contribution is 0.185. The van der Waals surface area contributed by atoms with Crippen molar-refractivity contribution in [2.75, 3.05) is 19.6 Å². The van der Waals surface area contributed by atoms with Crippen LogP contribution in [0, 0.1) is 0 Å². The summed E-state index contributed by atoms with van der Waals surface area (Å²) in [5.74, 6) is 2.35. The molecule has 0 saturated heterocycles. The van der Waals surface area contributed by atoms with Crippen molar-refractivity contribution in [3.05, 3.63) is 54.0 Å². The maximum atomic E-state index is 10.4. The highest BCUT2D eigenvalue weighted by Crippen LogP contribution is 2.20. The van der Waals surface area contributed by atoms with E-state index in [4.69, 9.17) is 9.15 Å². The molecule has 1 unspecified atom stereocenters. The molecular formula is C20H29N3O3. The number of nitrogens with zero attached hydrogens (tertiary/aromatic N) is 1. The maximum absolute atomic E-state index is 10.4. The fourth-order valence-electron chi connectivity index (χ4n) is 2.45. The number of hydrogen-bond acceptors (Lipinski definition) is 4. The average Bonchev–Trinajstić information content (AvgIpc) is 3.12. The van der Waals surface area contributed by atoms with Crippen molar-refractivity contribution in [3.8, 4) is 5.75 Å². The Hall–Kier alpha value is -2.47. The first-order valence-corrected chi connectivity index (χ1v) is 9.07. The molecule has 0 aliphatic carbocycles. The van der Waals surface area contributed by atoms with Crippen LogP contribution in [0.2, 0.25) is 0 Å². The number of furan rings is 1. The minimum absolute atomic E-state index is 0.0964. The SMILES string of the molecule is CCNC(=NCC(O)c1cccc(OC(C)C)c1)NCCc1ccco1. The van der Waals surface area contributed by atoms with Crippen LogP contribution in [0.1, 0.15) is 38.2 Å². The highest BCUT2D eigenvalue weighted by Gasteiger charge is 2.09. The van der Waals surface area contributed by atoms with Gasteiger partial charge in [-0.3, -0.25) is 4.99 Å². The van der Waals surface area contributed by atoms with E-state index < -0.39 is 6.10 Å². The topological polar surface area (TPSA) is 79.0 Å². The van der Waals surface area contributed by atoms with Gasteiger partial charge in [-0.2, -0.15) is 0 Å². The van der Waals surface area contributed by atoms with Gasteiger partial charge in [-0.25, -0.2) is 0 Å². The third-order valence-electron chi connectivity index (χ3n) is 3.63. The molecule has 26 heavy (non-hydrogen) atoms. The average molecular weight is 359 g/mol. The number of aliphatic imine (C=N–C) groups is 1. The lowest BCUT2D eigenvalue weighted by Gasteiger charge is -2.15. The molecule has 6 nitrogen and oxygen atoms in total. The Kier molecular flexibility index (Phi) is 8.02. The molecule has 0 radical (unpaired) electrons. The molecule has 6 heteroatoms. The molecule has 0 fully saturated rings. The number of hydrogen-bond donors (Lipinski definition) is 3. The van der Waals surface area contributed by atoms with Crippen molar-refractivity contribution >= 4 is 5.96 Å². The molecule has 0 saturated carbocycles. The fourth-order valence-corrected chi connectivity index (χ4v) is 2.45. The number of guanidine groups is 1. The van der Waals surface area contributed by atoms with Crippen LogP contribution in [0.3, 0.4) is 0 Å². The molecule has 0 spiro atoms. The van der Waals surface area contributed by atoms with Gasteiger partial charge >= 0.3 is 0 Å². The molecule has 142 valence electrons. The van der Waals surface area contributed by atoms with E-state index in [1.165, 1.54) is 0 Å². The number of rotatable bonds is 9. The van der Waals surface area contributed by atoms with Crippen molar-refractivity contribution in [2.24, 2.45) is 4.99 Å². The van der Waals surface area contributed by atoms with E-state index in [2.05, 4.69) is 15.6 Å². The van der Waals surface area contributed by atoms with Gasteiger partial charge in [0.2, 0.25) is 0 Å². The first-order chi connectivity index (χ1) is 12.6. The predicted molar refractivity (Wildman–Crippen MR) is 104 cm³/mol. The molecule has 1 aromatic carbocycles. The van der Waals surface area contributed by atoms with Gasteiger partial charge in [-0.15, -0.1) is 0 Å². The minimum atomic E-state index is -0.689. The van der Waals surface area contributed by atoms with E-state index in [0.717, 1.165) is 30.0 Å². The van der Waals surface area contributed by atoms with Gasteiger partial charge in [0, 0.05) is 19.5 Å². The Morgan fingerprint density at radius 1 is 1.23 bits per heavy atom. The second kappa shape index (κ2) is 10.5. The van der Waals surface area contributed by atoms with E-state index in [0.29, 0.717) is 12.5 Å². The summed E-state index contributed by atoms with van der Waals surface area (Å²) in [5, 5.41) is 16.9. The normalized spacial score (nSPS) is 12.9. The van der Waals surface area contributed by atoms with Gasteiger partial charge in [0.05, 0.1) is 25.0 Å². The summed E-state index contributed by atoms with van der Waals surface area (Å²) in [6.45, 7) is 7.68. The standard InChI is InChI=1S/C20H29N3O3/c1-4-21-20(22-11-10-17-9-6-12-25-17)23-14-19(24)16-7-5-8-18(13-16)26-15(2)3/h5-9,12-13,15,19,24H,4,10-11,14H2,1-3H3,(H2,21,22,23). The molecule has 1 atom stereocenters. The molecule has 1 aromatic heterocycles. The minimum Gasteiger partial charge on any atom is -0.491 e. The molecule has 0 aliphatic heterocycles. The zero-order valence-corrected chi connectivity index (χ0v) is 15.7. The first kappa shape index (κ1) is 19.8. The molecule has 0 aliphatic rings. The van der Waals surface area contributed by atoms with Gasteiger partial charge in [-0.1, -0.05) is 12.1 Å². The smallest absolute Gasteiger partial charge is 0.191 e. The second-order valence-electron chi connectivity index (χ2n) is 6.23. The van der Waals surface area contributed by atoms with Crippen LogP contribution in [0.25, 0.3) is 0 Å². The largest absolute Gasteiger partial charge is 0.491 e. The number of aliphatic hydroxyl groups excluding tert-OH is 1. The summed E-state index contributed by atoms with van der Waals surface area (Å²) in [4.78, 5) is 4.47. The van der Waals surface area contributed by atoms with Crippen LogP contribution < -0.4 is 15.4 Å². The Labute approximate surface area is 155 Å². The van der Waals surface area contributed by atoms with Crippen molar-refractivity contribution in [1.82, 2.24) is 10.6 Å². The molecule has 2 aromatic rings. The maximum Gasteiger partial charge on any atom is 0.191 e. The lowest BCUT2D eigenvalue weighted by Crippen LogP contribution is -2.38. The Balaban J connectivity index is 1.90. The van der Waals surface area contributed by atoms with Gasteiger partial charge in [0.25, 0.3) is 0 Å². The van der Waals surface area contributed by atoms with E-state index in [1.807, 2.05) is 57.2 Å². The third kappa shape index (κ3) is 6.80. The van der Waals surface area contributed by atoms with Crippen molar-refractivity contribution in [3.63, 3.8) is 0 Å². The Morgan fingerprint density at radius 3 is 2.77 bits per heavy atom. The van der Waals surface area contributed by atoms with Gasteiger partial charge < -0.3 is 24.9 Å². The number of aliphatic hydroxyl groups is 1. The molecular weight excluding hydrogens is 330 g/mol. The van der Waals surface area contributed by atoms with Gasteiger partial charge in [0.1, 0.15) is 11.5 Å². The number of benzene rings is 1. The molecule has 3 N–H and O–H groups in total. The number of ether oxygens (including phenoxy) is 1. The monoisotopic (exact) mass is 359 g/mol. The summed E-state index contributed by atoms with van der Waals surface area (Å²) in [6.07, 6.45) is 1.85. The summed E-state index contributed by atoms with van der Waals surface area (Å²) in [6, 6.07) is 11.3. The quantitative estimate of drug-likeness (QED) is 0.474. The van der Waals surface area contributed by atoms with Crippen molar-refractivity contribution in [1.29, 1.82) is 0 Å². The molecule has 0 amide bonds. The van der Waals surface area contributed by atoms with Crippen LogP contribution in [0.5, 0.6) is 5.75 Å². The Bertz CT molecular complexity index is 669. The Morgan fingerprint density at radius 2 is 2.08 bits per heavy atom. The van der Waals surface area contributed by atoms with Gasteiger partial charge in [-0.05, 0) is 50.6 Å². The second-order valence-corrected chi connectivity index (χ2v) is 6.23.